The quantitative estimate of drug-likeness (QED) is 0.406. The molecular formula is C28H26N2O5S. The van der Waals surface area contributed by atoms with E-state index in [1.54, 1.807) is 24.3 Å². The number of methoxy groups -OCH3 is 1. The largest absolute Gasteiger partial charge is 0.493 e. The first-order chi connectivity index (χ1) is 17.3. The molecule has 1 heterocycles. The molecule has 0 spiro atoms. The Kier molecular flexibility index (Phi) is 7.75. The van der Waals surface area contributed by atoms with Gasteiger partial charge in [-0.25, -0.2) is 0 Å². The molecule has 1 aliphatic rings. The number of nitrogens with zero attached hydrogens (tertiary/aromatic N) is 1. The first kappa shape index (κ1) is 25.1. The minimum Gasteiger partial charge on any atom is -0.493 e. The fourth-order valence-corrected chi connectivity index (χ4v) is 4.44. The number of hydrogen-bond donors (Lipinski definition) is 1. The average molecular weight is 503 g/mol. The summed E-state index contributed by atoms with van der Waals surface area (Å²) in [5.74, 6) is 0.170. The number of imide groups is 1. The molecule has 0 bridgehead atoms. The molecule has 7 nitrogen and oxygen atoms in total. The zero-order valence-corrected chi connectivity index (χ0v) is 21.1. The summed E-state index contributed by atoms with van der Waals surface area (Å²) in [6, 6.07) is 20.3. The first-order valence-corrected chi connectivity index (χ1v) is 12.1. The van der Waals surface area contributed by atoms with Crippen molar-refractivity contribution in [3.63, 3.8) is 0 Å². The maximum absolute atomic E-state index is 12.9. The molecular weight excluding hydrogens is 476 g/mol. The first-order valence-electron chi connectivity index (χ1n) is 11.3. The molecule has 1 saturated heterocycles. The zero-order chi connectivity index (χ0) is 25.7. The third-order valence-corrected chi connectivity index (χ3v) is 6.51. The van der Waals surface area contributed by atoms with Crippen LogP contribution in [0.5, 0.6) is 11.5 Å². The standard InChI is InChI=1S/C28H26N2O5S/c1-18-8-10-20(11-9-18)16-30-27(32)25(36-28(30)33)15-21-12-13-23(24(14-21)34-3)35-17-26(31)29-22-7-5-4-6-19(22)2/h4-15H,16-17H2,1-3H3,(H,29,31)/b25-15+. The van der Waals surface area contributed by atoms with Gasteiger partial charge in [0.15, 0.2) is 18.1 Å². The van der Waals surface area contributed by atoms with Crippen LogP contribution in [0.25, 0.3) is 6.08 Å². The Morgan fingerprint density at radius 2 is 1.75 bits per heavy atom. The van der Waals surface area contributed by atoms with Crippen LogP contribution in [0.3, 0.4) is 0 Å². The molecule has 3 aromatic rings. The fraction of sp³-hybridized carbons (Fsp3) is 0.179. The summed E-state index contributed by atoms with van der Waals surface area (Å²) < 4.78 is 11.1. The summed E-state index contributed by atoms with van der Waals surface area (Å²) in [4.78, 5) is 39.2. The second-order valence-corrected chi connectivity index (χ2v) is 9.31. The average Bonchev–Trinajstić information content (AvgIpc) is 3.13. The number of amides is 3. The highest BCUT2D eigenvalue weighted by Crippen LogP contribution is 2.35. The number of benzene rings is 3. The molecule has 1 fully saturated rings. The van der Waals surface area contributed by atoms with Crippen molar-refractivity contribution in [3.8, 4) is 11.5 Å². The Hall–Kier alpha value is -4.04. The van der Waals surface area contributed by atoms with Gasteiger partial charge in [-0.15, -0.1) is 0 Å². The van der Waals surface area contributed by atoms with Crippen LogP contribution in [0.15, 0.2) is 71.6 Å². The van der Waals surface area contributed by atoms with Gasteiger partial charge in [-0.2, -0.15) is 0 Å². The molecule has 3 amide bonds. The second kappa shape index (κ2) is 11.1. The lowest BCUT2D eigenvalue weighted by Gasteiger charge is -2.13. The van der Waals surface area contributed by atoms with E-state index < -0.39 is 0 Å². The lowest BCUT2D eigenvalue weighted by molar-refractivity contribution is -0.123. The van der Waals surface area contributed by atoms with E-state index >= 15 is 0 Å². The highest BCUT2D eigenvalue weighted by atomic mass is 32.2. The van der Waals surface area contributed by atoms with Gasteiger partial charge in [0, 0.05) is 5.69 Å². The van der Waals surface area contributed by atoms with Crippen molar-refractivity contribution < 1.29 is 23.9 Å². The van der Waals surface area contributed by atoms with Crippen LogP contribution in [-0.4, -0.2) is 35.7 Å². The van der Waals surface area contributed by atoms with E-state index in [4.69, 9.17) is 9.47 Å². The molecule has 4 rings (SSSR count). The molecule has 36 heavy (non-hydrogen) atoms. The SMILES string of the molecule is COc1cc(/C=C2/SC(=O)N(Cc3ccc(C)cc3)C2=O)ccc1OCC(=O)Nc1ccccc1C. The van der Waals surface area contributed by atoms with Gasteiger partial charge in [0.05, 0.1) is 18.6 Å². The molecule has 3 aromatic carbocycles. The van der Waals surface area contributed by atoms with Gasteiger partial charge >= 0.3 is 0 Å². The number of rotatable bonds is 8. The molecule has 8 heteroatoms. The van der Waals surface area contributed by atoms with E-state index in [9.17, 15) is 14.4 Å². The van der Waals surface area contributed by atoms with Crippen LogP contribution < -0.4 is 14.8 Å². The van der Waals surface area contributed by atoms with Gasteiger partial charge in [-0.1, -0.05) is 54.1 Å². The van der Waals surface area contributed by atoms with E-state index in [1.165, 1.54) is 12.0 Å². The van der Waals surface area contributed by atoms with Gasteiger partial charge in [0.25, 0.3) is 17.1 Å². The van der Waals surface area contributed by atoms with Gasteiger partial charge in [-0.3, -0.25) is 19.3 Å². The van der Waals surface area contributed by atoms with Crippen molar-refractivity contribution in [2.45, 2.75) is 20.4 Å². The Morgan fingerprint density at radius 1 is 1.00 bits per heavy atom. The van der Waals surface area contributed by atoms with Gasteiger partial charge < -0.3 is 14.8 Å². The highest BCUT2D eigenvalue weighted by Gasteiger charge is 2.35. The number of nitrogens with one attached hydrogen (secondary N) is 1. The molecule has 0 radical (unpaired) electrons. The summed E-state index contributed by atoms with van der Waals surface area (Å²) in [6.07, 6.45) is 1.65. The van der Waals surface area contributed by atoms with Crippen LogP contribution in [0, 0.1) is 13.8 Å². The normalized spacial score (nSPS) is 14.3. The minimum atomic E-state index is -0.335. The van der Waals surface area contributed by atoms with Crippen molar-refractivity contribution in [1.29, 1.82) is 0 Å². The maximum Gasteiger partial charge on any atom is 0.293 e. The molecule has 0 aliphatic carbocycles. The van der Waals surface area contributed by atoms with Crippen molar-refractivity contribution in [3.05, 3.63) is 93.9 Å². The predicted octanol–water partition coefficient (Wildman–Crippen LogP) is 5.57. The second-order valence-electron chi connectivity index (χ2n) is 8.32. The molecule has 0 unspecified atom stereocenters. The summed E-state index contributed by atoms with van der Waals surface area (Å²) in [5.41, 5.74) is 4.35. The number of carbonyl (C=O) groups is 3. The predicted molar refractivity (Wildman–Crippen MR) is 141 cm³/mol. The summed E-state index contributed by atoms with van der Waals surface area (Å²) in [7, 11) is 1.49. The van der Waals surface area contributed by atoms with Crippen molar-refractivity contribution in [2.24, 2.45) is 0 Å². The zero-order valence-electron chi connectivity index (χ0n) is 20.2. The molecule has 1 N–H and O–H groups in total. The highest BCUT2D eigenvalue weighted by molar-refractivity contribution is 8.18. The third-order valence-electron chi connectivity index (χ3n) is 5.60. The van der Waals surface area contributed by atoms with Crippen LogP contribution in [0.1, 0.15) is 22.3 Å². The molecule has 1 aliphatic heterocycles. The fourth-order valence-electron chi connectivity index (χ4n) is 3.60. The Morgan fingerprint density at radius 3 is 2.47 bits per heavy atom. The van der Waals surface area contributed by atoms with Crippen LogP contribution in [0.2, 0.25) is 0 Å². The third kappa shape index (κ3) is 5.95. The molecule has 0 aromatic heterocycles. The van der Waals surface area contributed by atoms with Gasteiger partial charge in [-0.05, 0) is 66.6 Å². The number of aryl methyl sites for hydroxylation is 2. The van der Waals surface area contributed by atoms with E-state index in [-0.39, 0.29) is 30.2 Å². The van der Waals surface area contributed by atoms with E-state index in [0.29, 0.717) is 22.0 Å². The van der Waals surface area contributed by atoms with Gasteiger partial charge in [0.1, 0.15) is 0 Å². The summed E-state index contributed by atoms with van der Waals surface area (Å²) >= 11 is 0.906. The van der Waals surface area contributed by atoms with Crippen molar-refractivity contribution in [1.82, 2.24) is 4.90 Å². The minimum absolute atomic E-state index is 0.193. The van der Waals surface area contributed by atoms with Gasteiger partial charge in [0.2, 0.25) is 0 Å². The number of para-hydroxylation sites is 1. The number of thioether (sulfide) groups is 1. The number of hydrogen-bond acceptors (Lipinski definition) is 6. The van der Waals surface area contributed by atoms with E-state index in [2.05, 4.69) is 5.32 Å². The summed E-state index contributed by atoms with van der Waals surface area (Å²) in [5, 5.41) is 2.51. The van der Waals surface area contributed by atoms with Crippen LogP contribution >= 0.6 is 11.8 Å². The lowest BCUT2D eigenvalue weighted by atomic mass is 10.1. The van der Waals surface area contributed by atoms with Crippen LogP contribution in [0.4, 0.5) is 10.5 Å². The van der Waals surface area contributed by atoms with Crippen LogP contribution in [-0.2, 0) is 16.1 Å². The van der Waals surface area contributed by atoms with Crippen molar-refractivity contribution in [2.75, 3.05) is 19.0 Å². The van der Waals surface area contributed by atoms with E-state index in [1.807, 2.05) is 62.4 Å². The Balaban J connectivity index is 1.42. The van der Waals surface area contributed by atoms with Crippen molar-refractivity contribution >= 4 is 40.6 Å². The Labute approximate surface area is 214 Å². The summed E-state index contributed by atoms with van der Waals surface area (Å²) in [6.45, 7) is 3.93. The number of ether oxygens (including phenoxy) is 2. The molecule has 184 valence electrons. The maximum atomic E-state index is 12.9. The number of anilines is 1. The monoisotopic (exact) mass is 502 g/mol. The number of carbonyl (C=O) groups excluding carboxylic acids is 3. The topological polar surface area (TPSA) is 84.9 Å². The lowest BCUT2D eigenvalue weighted by Crippen LogP contribution is -2.27. The molecule has 0 saturated carbocycles. The van der Waals surface area contributed by atoms with E-state index in [0.717, 1.165) is 34.1 Å². The smallest absolute Gasteiger partial charge is 0.293 e. The molecule has 0 atom stereocenters. The Bertz CT molecular complexity index is 1330.